The lowest BCUT2D eigenvalue weighted by atomic mass is 10.1. The molecule has 0 heterocycles. The average molecular weight is 250 g/mol. The van der Waals surface area contributed by atoms with Crippen LogP contribution in [0.15, 0.2) is 30.3 Å². The molecule has 0 aliphatic carbocycles. The molecule has 1 rings (SSSR count). The molecule has 2 atom stereocenters. The number of nitrogens with one attached hydrogen (secondary N) is 1. The first-order chi connectivity index (χ1) is 8.67. The second-order valence-electron chi connectivity index (χ2n) is 4.47. The number of hydrogen-bond donors (Lipinski definition) is 3. The largest absolute Gasteiger partial charge is 0.394 e. The summed E-state index contributed by atoms with van der Waals surface area (Å²) in [5.74, 6) is -0.188. The third-order valence-corrected chi connectivity index (χ3v) is 2.83. The molecule has 0 saturated carbocycles. The zero-order chi connectivity index (χ0) is 13.4. The van der Waals surface area contributed by atoms with Gasteiger partial charge in [-0.1, -0.05) is 43.7 Å². The summed E-state index contributed by atoms with van der Waals surface area (Å²) in [7, 11) is 0. The topological polar surface area (TPSA) is 75.4 Å². The standard InChI is InChI=1S/C14H22N2O2/c1-2-6-13(15)14(18)16-12(10-17)9-11-7-4-3-5-8-11/h3-5,7-8,12-13,17H,2,6,9-10,15H2,1H3,(H,16,18)/t12-,13?/m0/s1. The number of nitrogens with two attached hydrogens (primary N) is 1. The van der Waals surface area contributed by atoms with E-state index >= 15 is 0 Å². The normalized spacial score (nSPS) is 13.9. The molecule has 4 heteroatoms. The second-order valence-corrected chi connectivity index (χ2v) is 4.47. The molecule has 0 bridgehead atoms. The molecule has 1 aromatic rings. The Morgan fingerprint density at radius 3 is 2.61 bits per heavy atom. The van der Waals surface area contributed by atoms with Crippen molar-refractivity contribution < 1.29 is 9.90 Å². The van der Waals surface area contributed by atoms with Gasteiger partial charge in [0, 0.05) is 0 Å². The summed E-state index contributed by atoms with van der Waals surface area (Å²) in [6.07, 6.45) is 2.15. The van der Waals surface area contributed by atoms with E-state index in [2.05, 4.69) is 5.32 Å². The maximum absolute atomic E-state index is 11.7. The van der Waals surface area contributed by atoms with Crippen LogP contribution in [0.25, 0.3) is 0 Å². The highest BCUT2D eigenvalue weighted by Crippen LogP contribution is 2.03. The number of aliphatic hydroxyl groups is 1. The lowest BCUT2D eigenvalue weighted by Gasteiger charge is -2.19. The molecular weight excluding hydrogens is 228 g/mol. The van der Waals surface area contributed by atoms with Crippen molar-refractivity contribution in [2.45, 2.75) is 38.3 Å². The number of hydrogen-bond acceptors (Lipinski definition) is 3. The summed E-state index contributed by atoms with van der Waals surface area (Å²) < 4.78 is 0. The van der Waals surface area contributed by atoms with E-state index in [0.717, 1.165) is 12.0 Å². The maximum Gasteiger partial charge on any atom is 0.237 e. The SMILES string of the molecule is CCCC(N)C(=O)N[C@H](CO)Cc1ccccc1. The van der Waals surface area contributed by atoms with Gasteiger partial charge < -0.3 is 16.2 Å². The molecule has 0 aliphatic rings. The van der Waals surface area contributed by atoms with Gasteiger partial charge in [-0.25, -0.2) is 0 Å². The number of benzene rings is 1. The van der Waals surface area contributed by atoms with E-state index in [1.807, 2.05) is 37.3 Å². The van der Waals surface area contributed by atoms with Crippen molar-refractivity contribution >= 4 is 5.91 Å². The van der Waals surface area contributed by atoms with Crippen molar-refractivity contribution in [3.05, 3.63) is 35.9 Å². The summed E-state index contributed by atoms with van der Waals surface area (Å²) >= 11 is 0. The summed E-state index contributed by atoms with van der Waals surface area (Å²) in [6, 6.07) is 9.00. The molecular formula is C14H22N2O2. The first kappa shape index (κ1) is 14.7. The Morgan fingerprint density at radius 2 is 2.06 bits per heavy atom. The molecule has 18 heavy (non-hydrogen) atoms. The fourth-order valence-corrected chi connectivity index (χ4v) is 1.81. The van der Waals surface area contributed by atoms with Gasteiger partial charge in [0.2, 0.25) is 5.91 Å². The van der Waals surface area contributed by atoms with Crippen LogP contribution in [-0.2, 0) is 11.2 Å². The van der Waals surface area contributed by atoms with Crippen LogP contribution in [0, 0.1) is 0 Å². The van der Waals surface area contributed by atoms with Gasteiger partial charge in [0.1, 0.15) is 0 Å². The molecule has 0 spiro atoms. The Bertz CT molecular complexity index is 354. The second kappa shape index (κ2) is 7.84. The molecule has 1 unspecified atom stereocenters. The van der Waals surface area contributed by atoms with Crippen LogP contribution < -0.4 is 11.1 Å². The van der Waals surface area contributed by atoms with Gasteiger partial charge in [0.25, 0.3) is 0 Å². The Labute approximate surface area is 108 Å². The molecule has 0 saturated heterocycles. The van der Waals surface area contributed by atoms with E-state index in [-0.39, 0.29) is 18.6 Å². The summed E-state index contributed by atoms with van der Waals surface area (Å²) in [5.41, 5.74) is 6.81. The Hall–Kier alpha value is -1.39. The van der Waals surface area contributed by atoms with Crippen LogP contribution in [0.5, 0.6) is 0 Å². The number of rotatable bonds is 7. The van der Waals surface area contributed by atoms with Crippen LogP contribution in [0.1, 0.15) is 25.3 Å². The lowest BCUT2D eigenvalue weighted by Crippen LogP contribution is -2.47. The molecule has 0 radical (unpaired) electrons. The minimum Gasteiger partial charge on any atom is -0.394 e. The highest BCUT2D eigenvalue weighted by molar-refractivity contribution is 5.81. The van der Waals surface area contributed by atoms with Crippen molar-refractivity contribution in [1.82, 2.24) is 5.32 Å². The van der Waals surface area contributed by atoms with E-state index < -0.39 is 6.04 Å². The summed E-state index contributed by atoms with van der Waals surface area (Å²) in [4.78, 5) is 11.7. The third kappa shape index (κ3) is 4.85. The maximum atomic E-state index is 11.7. The molecule has 0 aromatic heterocycles. The fourth-order valence-electron chi connectivity index (χ4n) is 1.81. The number of carbonyl (C=O) groups is 1. The highest BCUT2D eigenvalue weighted by atomic mass is 16.3. The quantitative estimate of drug-likeness (QED) is 0.671. The Balaban J connectivity index is 2.49. The van der Waals surface area contributed by atoms with Crippen LogP contribution in [0.2, 0.25) is 0 Å². The van der Waals surface area contributed by atoms with Crippen molar-refractivity contribution in [2.75, 3.05) is 6.61 Å². The third-order valence-electron chi connectivity index (χ3n) is 2.83. The van der Waals surface area contributed by atoms with Crippen LogP contribution >= 0.6 is 0 Å². The molecule has 0 fully saturated rings. The predicted octanol–water partition coefficient (Wildman–Crippen LogP) is 0.834. The van der Waals surface area contributed by atoms with Gasteiger partial charge in [-0.2, -0.15) is 0 Å². The van der Waals surface area contributed by atoms with E-state index in [1.54, 1.807) is 0 Å². The Morgan fingerprint density at radius 1 is 1.39 bits per heavy atom. The summed E-state index contributed by atoms with van der Waals surface area (Å²) in [5, 5.41) is 12.1. The number of amides is 1. The van der Waals surface area contributed by atoms with E-state index in [1.165, 1.54) is 0 Å². The zero-order valence-electron chi connectivity index (χ0n) is 10.8. The highest BCUT2D eigenvalue weighted by Gasteiger charge is 2.17. The van der Waals surface area contributed by atoms with Crippen molar-refractivity contribution in [1.29, 1.82) is 0 Å². The average Bonchev–Trinajstić information content (AvgIpc) is 2.39. The van der Waals surface area contributed by atoms with Crippen LogP contribution in [0.4, 0.5) is 0 Å². The number of aliphatic hydroxyl groups excluding tert-OH is 1. The predicted molar refractivity (Wildman–Crippen MR) is 72.0 cm³/mol. The van der Waals surface area contributed by atoms with Gasteiger partial charge in [-0.15, -0.1) is 0 Å². The Kier molecular flexibility index (Phi) is 6.39. The molecule has 0 aliphatic heterocycles. The van der Waals surface area contributed by atoms with E-state index in [0.29, 0.717) is 12.8 Å². The monoisotopic (exact) mass is 250 g/mol. The van der Waals surface area contributed by atoms with Gasteiger partial charge in [0.15, 0.2) is 0 Å². The first-order valence-electron chi connectivity index (χ1n) is 6.38. The van der Waals surface area contributed by atoms with Gasteiger partial charge >= 0.3 is 0 Å². The van der Waals surface area contributed by atoms with E-state index in [9.17, 15) is 9.90 Å². The van der Waals surface area contributed by atoms with Crippen LogP contribution in [0.3, 0.4) is 0 Å². The van der Waals surface area contributed by atoms with Gasteiger partial charge in [-0.3, -0.25) is 4.79 Å². The minimum atomic E-state index is -0.486. The van der Waals surface area contributed by atoms with Crippen LogP contribution in [-0.4, -0.2) is 29.7 Å². The van der Waals surface area contributed by atoms with Crippen molar-refractivity contribution in [2.24, 2.45) is 5.73 Å². The van der Waals surface area contributed by atoms with Crippen molar-refractivity contribution in [3.63, 3.8) is 0 Å². The van der Waals surface area contributed by atoms with E-state index in [4.69, 9.17) is 5.73 Å². The van der Waals surface area contributed by atoms with Gasteiger partial charge in [0.05, 0.1) is 18.7 Å². The molecule has 100 valence electrons. The van der Waals surface area contributed by atoms with Gasteiger partial charge in [-0.05, 0) is 18.4 Å². The lowest BCUT2D eigenvalue weighted by molar-refractivity contribution is -0.123. The molecule has 4 nitrogen and oxygen atoms in total. The molecule has 1 amide bonds. The fraction of sp³-hybridized carbons (Fsp3) is 0.500. The molecule has 4 N–H and O–H groups in total. The minimum absolute atomic E-state index is 0.0838. The smallest absolute Gasteiger partial charge is 0.237 e. The summed E-state index contributed by atoms with van der Waals surface area (Å²) in [6.45, 7) is 1.90. The number of carbonyl (C=O) groups excluding carboxylic acids is 1. The van der Waals surface area contributed by atoms with Crippen molar-refractivity contribution in [3.8, 4) is 0 Å². The zero-order valence-corrected chi connectivity index (χ0v) is 10.8. The first-order valence-corrected chi connectivity index (χ1v) is 6.38. The molecule has 1 aromatic carbocycles.